The van der Waals surface area contributed by atoms with Crippen molar-refractivity contribution in [3.8, 4) is 5.88 Å². The lowest BCUT2D eigenvalue weighted by Gasteiger charge is -2.30. The van der Waals surface area contributed by atoms with Crippen LogP contribution in [0.4, 0.5) is 5.95 Å². The lowest BCUT2D eigenvalue weighted by atomic mass is 9.85. The molecule has 0 radical (unpaired) electrons. The third-order valence-electron chi connectivity index (χ3n) is 3.49. The number of anilines is 1. The Morgan fingerprint density at radius 3 is 3.00 bits per heavy atom. The molecule has 0 spiro atoms. The highest BCUT2D eigenvalue weighted by molar-refractivity contribution is 5.26. The first kappa shape index (κ1) is 12.1. The highest BCUT2D eigenvalue weighted by atomic mass is 16.5. The zero-order chi connectivity index (χ0) is 12.1. The van der Waals surface area contributed by atoms with Gasteiger partial charge in [0.15, 0.2) is 0 Å². The predicted octanol–water partition coefficient (Wildman–Crippen LogP) is 2.87. The Morgan fingerprint density at radius 1 is 1.41 bits per heavy atom. The molecule has 0 aliphatic heterocycles. The van der Waals surface area contributed by atoms with Gasteiger partial charge in [-0.25, -0.2) is 4.98 Å². The topological polar surface area (TPSA) is 47.0 Å². The molecule has 1 aliphatic carbocycles. The summed E-state index contributed by atoms with van der Waals surface area (Å²) in [5.74, 6) is 1.98. The lowest BCUT2D eigenvalue weighted by molar-refractivity contribution is 0.0859. The predicted molar refractivity (Wildman–Crippen MR) is 68.2 cm³/mol. The summed E-state index contributed by atoms with van der Waals surface area (Å²) in [7, 11) is 1.81. The second-order valence-corrected chi connectivity index (χ2v) is 4.58. The van der Waals surface area contributed by atoms with Gasteiger partial charge < -0.3 is 10.1 Å². The smallest absolute Gasteiger partial charge is 0.225 e. The fraction of sp³-hybridized carbons (Fsp3) is 0.692. The zero-order valence-corrected chi connectivity index (χ0v) is 10.6. The highest BCUT2D eigenvalue weighted by Gasteiger charge is 2.25. The Hall–Kier alpha value is -1.32. The van der Waals surface area contributed by atoms with E-state index in [1.165, 1.54) is 25.7 Å². The number of ether oxygens (including phenoxy) is 1. The first-order valence-electron chi connectivity index (χ1n) is 6.51. The van der Waals surface area contributed by atoms with E-state index in [0.717, 1.165) is 6.42 Å². The van der Waals surface area contributed by atoms with Crippen LogP contribution < -0.4 is 10.1 Å². The van der Waals surface area contributed by atoms with E-state index in [1.807, 2.05) is 13.1 Å². The molecule has 2 atom stereocenters. The van der Waals surface area contributed by atoms with E-state index >= 15 is 0 Å². The van der Waals surface area contributed by atoms with Crippen LogP contribution in [0, 0.1) is 5.92 Å². The molecule has 2 unspecified atom stereocenters. The normalized spacial score (nSPS) is 24.4. The minimum absolute atomic E-state index is 0.327. The molecule has 1 fully saturated rings. The van der Waals surface area contributed by atoms with Crippen LogP contribution in [0.2, 0.25) is 0 Å². The minimum Gasteiger partial charge on any atom is -0.474 e. The van der Waals surface area contributed by atoms with Gasteiger partial charge in [-0.1, -0.05) is 13.3 Å². The molecule has 0 saturated heterocycles. The molecule has 0 bridgehead atoms. The van der Waals surface area contributed by atoms with Crippen LogP contribution in [-0.4, -0.2) is 23.1 Å². The van der Waals surface area contributed by atoms with Crippen molar-refractivity contribution in [2.45, 2.75) is 45.1 Å². The second-order valence-electron chi connectivity index (χ2n) is 4.58. The Bertz CT molecular complexity index is 356. The molecule has 1 aliphatic rings. The molecule has 1 saturated carbocycles. The Labute approximate surface area is 103 Å². The van der Waals surface area contributed by atoms with Gasteiger partial charge in [-0.05, 0) is 31.6 Å². The van der Waals surface area contributed by atoms with Gasteiger partial charge in [-0.15, -0.1) is 0 Å². The second kappa shape index (κ2) is 5.84. The van der Waals surface area contributed by atoms with Gasteiger partial charge in [0.1, 0.15) is 6.10 Å². The van der Waals surface area contributed by atoms with Gasteiger partial charge in [0, 0.05) is 19.3 Å². The Kier molecular flexibility index (Phi) is 4.18. The maximum absolute atomic E-state index is 6.01. The van der Waals surface area contributed by atoms with Crippen molar-refractivity contribution < 1.29 is 4.74 Å². The number of aromatic nitrogens is 2. The fourth-order valence-electron chi connectivity index (χ4n) is 2.48. The maximum atomic E-state index is 6.01. The third kappa shape index (κ3) is 3.08. The lowest BCUT2D eigenvalue weighted by Crippen LogP contribution is -2.30. The van der Waals surface area contributed by atoms with Crippen LogP contribution in [0.1, 0.15) is 39.0 Å². The molecule has 0 aromatic carbocycles. The fourth-order valence-corrected chi connectivity index (χ4v) is 2.48. The monoisotopic (exact) mass is 235 g/mol. The number of hydrogen-bond donors (Lipinski definition) is 1. The van der Waals surface area contributed by atoms with Gasteiger partial charge in [0.05, 0.1) is 0 Å². The van der Waals surface area contributed by atoms with Crippen LogP contribution in [0.15, 0.2) is 12.3 Å². The number of hydrogen-bond acceptors (Lipinski definition) is 4. The molecule has 1 aromatic rings. The van der Waals surface area contributed by atoms with Gasteiger partial charge in [0.2, 0.25) is 11.8 Å². The van der Waals surface area contributed by atoms with Gasteiger partial charge >= 0.3 is 0 Å². The molecule has 4 nitrogen and oxygen atoms in total. The van der Waals surface area contributed by atoms with Gasteiger partial charge in [-0.2, -0.15) is 4.98 Å². The number of nitrogens with zero attached hydrogens (tertiary/aromatic N) is 2. The Morgan fingerprint density at radius 2 is 2.24 bits per heavy atom. The van der Waals surface area contributed by atoms with Crippen LogP contribution in [-0.2, 0) is 0 Å². The molecule has 94 valence electrons. The van der Waals surface area contributed by atoms with Gasteiger partial charge in [0.25, 0.3) is 0 Å². The summed E-state index contributed by atoms with van der Waals surface area (Å²) in [4.78, 5) is 8.40. The number of rotatable bonds is 4. The van der Waals surface area contributed by atoms with Crippen molar-refractivity contribution in [2.24, 2.45) is 5.92 Å². The van der Waals surface area contributed by atoms with Gasteiger partial charge in [-0.3, -0.25) is 0 Å². The zero-order valence-electron chi connectivity index (χ0n) is 10.6. The summed E-state index contributed by atoms with van der Waals surface area (Å²) in [5, 5.41) is 2.93. The molecule has 1 N–H and O–H groups in total. The first-order valence-corrected chi connectivity index (χ1v) is 6.51. The standard InChI is InChI=1S/C13H21N3O/c1-3-10-6-4-5-7-11(10)17-12-8-9-15-13(14-2)16-12/h8-11H,3-7H2,1-2H3,(H,14,15,16). The van der Waals surface area contributed by atoms with E-state index in [-0.39, 0.29) is 0 Å². The van der Waals surface area contributed by atoms with E-state index in [9.17, 15) is 0 Å². The van der Waals surface area contributed by atoms with Crippen molar-refractivity contribution in [1.82, 2.24) is 9.97 Å². The van der Waals surface area contributed by atoms with Crippen LogP contribution >= 0.6 is 0 Å². The van der Waals surface area contributed by atoms with Crippen LogP contribution in [0.25, 0.3) is 0 Å². The quantitative estimate of drug-likeness (QED) is 0.871. The van der Waals surface area contributed by atoms with E-state index in [2.05, 4.69) is 22.2 Å². The first-order chi connectivity index (χ1) is 8.33. The van der Waals surface area contributed by atoms with E-state index < -0.39 is 0 Å². The average molecular weight is 235 g/mol. The molecule has 2 rings (SSSR count). The molecular formula is C13H21N3O. The molecule has 17 heavy (non-hydrogen) atoms. The summed E-state index contributed by atoms with van der Waals surface area (Å²) in [6, 6.07) is 1.84. The van der Waals surface area contributed by atoms with Crippen molar-refractivity contribution in [3.63, 3.8) is 0 Å². The summed E-state index contributed by atoms with van der Waals surface area (Å²) >= 11 is 0. The maximum Gasteiger partial charge on any atom is 0.225 e. The van der Waals surface area contributed by atoms with E-state index in [1.54, 1.807) is 6.20 Å². The Balaban J connectivity index is 2.02. The van der Waals surface area contributed by atoms with E-state index in [0.29, 0.717) is 23.9 Å². The number of nitrogens with one attached hydrogen (secondary N) is 1. The molecule has 1 aromatic heterocycles. The highest BCUT2D eigenvalue weighted by Crippen LogP contribution is 2.29. The van der Waals surface area contributed by atoms with Crippen LogP contribution in [0.3, 0.4) is 0 Å². The minimum atomic E-state index is 0.327. The molecule has 4 heteroatoms. The largest absolute Gasteiger partial charge is 0.474 e. The summed E-state index contributed by atoms with van der Waals surface area (Å²) in [5.41, 5.74) is 0. The summed E-state index contributed by atoms with van der Waals surface area (Å²) < 4.78 is 6.01. The van der Waals surface area contributed by atoms with Crippen molar-refractivity contribution in [1.29, 1.82) is 0 Å². The SMILES string of the molecule is CCC1CCCCC1Oc1ccnc(NC)n1. The summed E-state index contributed by atoms with van der Waals surface area (Å²) in [6.45, 7) is 2.24. The molecular weight excluding hydrogens is 214 g/mol. The third-order valence-corrected chi connectivity index (χ3v) is 3.49. The average Bonchev–Trinajstić information content (AvgIpc) is 2.39. The van der Waals surface area contributed by atoms with Crippen molar-refractivity contribution in [3.05, 3.63) is 12.3 Å². The van der Waals surface area contributed by atoms with Crippen molar-refractivity contribution >= 4 is 5.95 Å². The molecule has 0 amide bonds. The molecule has 1 heterocycles. The van der Waals surface area contributed by atoms with E-state index in [4.69, 9.17) is 4.74 Å². The summed E-state index contributed by atoms with van der Waals surface area (Å²) in [6.07, 6.45) is 8.29. The van der Waals surface area contributed by atoms with Crippen molar-refractivity contribution in [2.75, 3.05) is 12.4 Å². The van der Waals surface area contributed by atoms with Crippen LogP contribution in [0.5, 0.6) is 5.88 Å².